The third kappa shape index (κ3) is 3.85. The number of nitrogens with one attached hydrogen (secondary N) is 1. The smallest absolute Gasteiger partial charge is 0.234 e. The minimum Gasteiger partial charge on any atom is -0.349 e. The Kier molecular flexibility index (Phi) is 4.19. The van der Waals surface area contributed by atoms with Gasteiger partial charge in [-0.15, -0.1) is 5.10 Å². The summed E-state index contributed by atoms with van der Waals surface area (Å²) >= 11 is 0. The first-order valence-electron chi connectivity index (χ1n) is 5.77. The molecule has 2 aromatic rings. The van der Waals surface area contributed by atoms with Crippen molar-refractivity contribution in [2.24, 2.45) is 5.73 Å². The minimum absolute atomic E-state index is 0.0581. The fraction of sp³-hybridized carbons (Fsp3) is 0.250. The normalized spacial score (nSPS) is 10.4. The monoisotopic (exact) mass is 263 g/mol. The van der Waals surface area contributed by atoms with Crippen LogP contribution in [0.15, 0.2) is 30.5 Å². The molecule has 0 aliphatic carbocycles. The van der Waals surface area contributed by atoms with Crippen molar-refractivity contribution < 1.29 is 9.18 Å². The zero-order valence-corrected chi connectivity index (χ0v) is 10.2. The number of hydrogen-bond donors (Lipinski definition) is 2. The highest BCUT2D eigenvalue weighted by Crippen LogP contribution is 2.05. The standard InChI is InChI=1S/C12H14FN5O/c13-10-3-1-2-9(4-10)7-18-8-11(16-17-18)6-15-12(19)5-14/h1-4,8H,5-7,14H2,(H,15,19). The number of amides is 1. The first-order valence-corrected chi connectivity index (χ1v) is 5.77. The first kappa shape index (κ1) is 13.2. The Morgan fingerprint density at radius 2 is 2.32 bits per heavy atom. The van der Waals surface area contributed by atoms with Gasteiger partial charge in [-0.25, -0.2) is 9.07 Å². The van der Waals surface area contributed by atoms with Crippen LogP contribution in [-0.2, 0) is 17.9 Å². The third-order valence-electron chi connectivity index (χ3n) is 2.47. The highest BCUT2D eigenvalue weighted by molar-refractivity contribution is 5.77. The molecular formula is C12H14FN5O. The number of benzene rings is 1. The second-order valence-electron chi connectivity index (χ2n) is 4.02. The van der Waals surface area contributed by atoms with Crippen molar-refractivity contribution in [2.75, 3.05) is 6.54 Å². The van der Waals surface area contributed by atoms with E-state index < -0.39 is 0 Å². The summed E-state index contributed by atoms with van der Waals surface area (Å²) in [5, 5.41) is 10.4. The maximum Gasteiger partial charge on any atom is 0.234 e. The van der Waals surface area contributed by atoms with Crippen molar-refractivity contribution in [1.82, 2.24) is 20.3 Å². The average molecular weight is 263 g/mol. The summed E-state index contributed by atoms with van der Waals surface area (Å²) in [6.07, 6.45) is 1.70. The molecule has 0 spiro atoms. The molecule has 0 fully saturated rings. The maximum absolute atomic E-state index is 13.0. The van der Waals surface area contributed by atoms with Crippen LogP contribution in [0.5, 0.6) is 0 Å². The molecule has 3 N–H and O–H groups in total. The summed E-state index contributed by atoms with van der Waals surface area (Å²) in [7, 11) is 0. The van der Waals surface area contributed by atoms with E-state index in [1.807, 2.05) is 0 Å². The molecule has 0 atom stereocenters. The van der Waals surface area contributed by atoms with Gasteiger partial charge in [0.05, 0.1) is 25.8 Å². The Morgan fingerprint density at radius 3 is 3.05 bits per heavy atom. The van der Waals surface area contributed by atoms with Gasteiger partial charge in [0.15, 0.2) is 0 Å². The van der Waals surface area contributed by atoms with E-state index in [0.29, 0.717) is 12.2 Å². The fourth-order valence-corrected chi connectivity index (χ4v) is 1.58. The molecule has 1 heterocycles. The van der Waals surface area contributed by atoms with Gasteiger partial charge in [-0.2, -0.15) is 0 Å². The zero-order chi connectivity index (χ0) is 13.7. The average Bonchev–Trinajstić information content (AvgIpc) is 2.83. The van der Waals surface area contributed by atoms with Gasteiger partial charge < -0.3 is 11.1 Å². The number of carbonyl (C=O) groups excluding carboxylic acids is 1. The molecule has 0 bridgehead atoms. The highest BCUT2D eigenvalue weighted by atomic mass is 19.1. The summed E-state index contributed by atoms with van der Waals surface area (Å²) in [6, 6.07) is 6.28. The number of hydrogen-bond acceptors (Lipinski definition) is 4. The molecule has 0 saturated heterocycles. The lowest BCUT2D eigenvalue weighted by molar-refractivity contribution is -0.119. The van der Waals surface area contributed by atoms with Crippen LogP contribution in [0.2, 0.25) is 0 Å². The van der Waals surface area contributed by atoms with Gasteiger partial charge in [0, 0.05) is 0 Å². The Balaban J connectivity index is 1.95. The van der Waals surface area contributed by atoms with Crippen LogP contribution in [0.1, 0.15) is 11.3 Å². The van der Waals surface area contributed by atoms with Crippen molar-refractivity contribution in [2.45, 2.75) is 13.1 Å². The molecule has 0 radical (unpaired) electrons. The van der Waals surface area contributed by atoms with Crippen LogP contribution in [-0.4, -0.2) is 27.4 Å². The van der Waals surface area contributed by atoms with Gasteiger partial charge in [-0.1, -0.05) is 17.3 Å². The summed E-state index contributed by atoms with van der Waals surface area (Å²) < 4.78 is 14.6. The van der Waals surface area contributed by atoms with Crippen molar-refractivity contribution >= 4 is 5.91 Å². The molecule has 2 rings (SSSR count). The number of carbonyl (C=O) groups is 1. The summed E-state index contributed by atoms with van der Waals surface area (Å²) in [5.41, 5.74) is 6.59. The van der Waals surface area contributed by atoms with E-state index in [0.717, 1.165) is 5.56 Å². The van der Waals surface area contributed by atoms with Gasteiger partial charge in [-0.05, 0) is 17.7 Å². The van der Waals surface area contributed by atoms with Gasteiger partial charge in [0.25, 0.3) is 0 Å². The van der Waals surface area contributed by atoms with Gasteiger partial charge >= 0.3 is 0 Å². The Hall–Kier alpha value is -2.28. The number of halogens is 1. The van der Waals surface area contributed by atoms with Crippen molar-refractivity contribution in [1.29, 1.82) is 0 Å². The molecule has 1 amide bonds. The number of nitrogens with zero attached hydrogens (tertiary/aromatic N) is 3. The molecule has 7 heteroatoms. The summed E-state index contributed by atoms with van der Waals surface area (Å²) in [4.78, 5) is 11.0. The van der Waals surface area contributed by atoms with Crippen LogP contribution in [0.4, 0.5) is 4.39 Å². The van der Waals surface area contributed by atoms with E-state index in [1.165, 1.54) is 12.1 Å². The molecular weight excluding hydrogens is 249 g/mol. The predicted molar refractivity (Wildman–Crippen MR) is 66.4 cm³/mol. The van der Waals surface area contributed by atoms with E-state index in [1.54, 1.807) is 23.0 Å². The Labute approximate surface area is 109 Å². The molecule has 1 aromatic carbocycles. The fourth-order valence-electron chi connectivity index (χ4n) is 1.58. The molecule has 100 valence electrons. The topological polar surface area (TPSA) is 85.8 Å². The van der Waals surface area contributed by atoms with Gasteiger partial charge in [0.1, 0.15) is 11.5 Å². The molecule has 0 aliphatic heterocycles. The predicted octanol–water partition coefficient (Wildman–Crippen LogP) is 0.0404. The number of rotatable bonds is 5. The molecule has 6 nitrogen and oxygen atoms in total. The summed E-state index contributed by atoms with van der Waals surface area (Å²) in [6.45, 7) is 0.645. The maximum atomic E-state index is 13.0. The second kappa shape index (κ2) is 6.05. The largest absolute Gasteiger partial charge is 0.349 e. The quantitative estimate of drug-likeness (QED) is 0.797. The lowest BCUT2D eigenvalue weighted by atomic mass is 10.2. The van der Waals surface area contributed by atoms with Crippen LogP contribution in [0, 0.1) is 5.82 Å². The van der Waals surface area contributed by atoms with Gasteiger partial charge in [-0.3, -0.25) is 4.79 Å². The highest BCUT2D eigenvalue weighted by Gasteiger charge is 2.04. The van der Waals surface area contributed by atoms with Gasteiger partial charge in [0.2, 0.25) is 5.91 Å². The van der Waals surface area contributed by atoms with Crippen molar-refractivity contribution in [3.05, 3.63) is 47.5 Å². The van der Waals surface area contributed by atoms with Crippen LogP contribution in [0.3, 0.4) is 0 Å². The summed E-state index contributed by atoms with van der Waals surface area (Å²) in [5.74, 6) is -0.535. The molecule has 1 aromatic heterocycles. The zero-order valence-electron chi connectivity index (χ0n) is 10.2. The Morgan fingerprint density at radius 1 is 1.47 bits per heavy atom. The number of nitrogens with two attached hydrogens (primary N) is 1. The molecule has 0 aliphatic rings. The van der Waals surface area contributed by atoms with E-state index >= 15 is 0 Å². The van der Waals surface area contributed by atoms with E-state index in [-0.39, 0.29) is 24.8 Å². The Bertz CT molecular complexity index is 569. The molecule has 0 unspecified atom stereocenters. The molecule has 0 saturated carbocycles. The van der Waals surface area contributed by atoms with Crippen LogP contribution < -0.4 is 11.1 Å². The van der Waals surface area contributed by atoms with E-state index in [4.69, 9.17) is 5.73 Å². The van der Waals surface area contributed by atoms with Crippen LogP contribution in [0.25, 0.3) is 0 Å². The first-order chi connectivity index (χ1) is 9.17. The third-order valence-corrected chi connectivity index (χ3v) is 2.47. The lowest BCUT2D eigenvalue weighted by Crippen LogP contribution is -2.29. The number of aromatic nitrogens is 3. The van der Waals surface area contributed by atoms with E-state index in [9.17, 15) is 9.18 Å². The lowest BCUT2D eigenvalue weighted by Gasteiger charge is -2.01. The minimum atomic E-state index is -0.284. The van der Waals surface area contributed by atoms with Crippen molar-refractivity contribution in [3.8, 4) is 0 Å². The SMILES string of the molecule is NCC(=O)NCc1cn(Cc2cccc(F)c2)nn1. The van der Waals surface area contributed by atoms with Crippen molar-refractivity contribution in [3.63, 3.8) is 0 Å². The van der Waals surface area contributed by atoms with E-state index in [2.05, 4.69) is 15.6 Å². The van der Waals surface area contributed by atoms with Crippen LogP contribution >= 0.6 is 0 Å². The second-order valence-corrected chi connectivity index (χ2v) is 4.02. The molecule has 19 heavy (non-hydrogen) atoms.